The molecule has 0 radical (unpaired) electrons. The Hall–Kier alpha value is -4.09. The minimum atomic E-state index is -3.65. The van der Waals surface area contributed by atoms with Crippen molar-refractivity contribution >= 4 is 33.1 Å². The molecule has 1 saturated heterocycles. The second kappa shape index (κ2) is 9.51. The fraction of sp³-hybridized carbons (Fsp3) is 0.200. The molecule has 10 nitrogen and oxygen atoms in total. The van der Waals surface area contributed by atoms with Gasteiger partial charge in [0.1, 0.15) is 28.7 Å². The van der Waals surface area contributed by atoms with Crippen LogP contribution in [0.5, 0.6) is 0 Å². The number of anilines is 2. The number of nitrogens with one attached hydrogen (secondary N) is 1. The predicted octanol–water partition coefficient (Wildman–Crippen LogP) is 3.63. The molecule has 1 aromatic carbocycles. The first-order valence-electron chi connectivity index (χ1n) is 11.5. The zero-order chi connectivity index (χ0) is 25.3. The number of hydrogen-bond acceptors (Lipinski definition) is 7. The average Bonchev–Trinajstić information content (AvgIpc) is 3.30. The van der Waals surface area contributed by atoms with Gasteiger partial charge in [-0.1, -0.05) is 31.2 Å². The lowest BCUT2D eigenvalue weighted by Gasteiger charge is -2.32. The summed E-state index contributed by atoms with van der Waals surface area (Å²) in [5, 5.41) is 3.74. The summed E-state index contributed by atoms with van der Waals surface area (Å²) in [7, 11) is -3.65. The van der Waals surface area contributed by atoms with Crippen LogP contribution in [0, 0.1) is 0 Å². The van der Waals surface area contributed by atoms with E-state index in [9.17, 15) is 13.2 Å². The fourth-order valence-electron chi connectivity index (χ4n) is 4.49. The minimum Gasteiger partial charge on any atom is -0.382 e. The number of pyridine rings is 1. The molecule has 36 heavy (non-hydrogen) atoms. The largest absolute Gasteiger partial charge is 0.382 e. The van der Waals surface area contributed by atoms with E-state index in [1.807, 2.05) is 0 Å². The highest BCUT2D eigenvalue weighted by Gasteiger charge is 2.35. The molecular formula is C25H25N7O3S. The molecule has 1 aliphatic heterocycles. The number of piperidine rings is 1. The standard InChI is InChI=1S/C25H25N7O3S/c1-2-36(34,35)32-15-6-4-7-19(32)24-30-21(22-23(26)28-14-16-31(22)24)17-9-11-18(12-10-17)25(33)29-20-8-3-5-13-27-20/h2-3,5,8-14,16,19H,1,4,6-7,15H2,(H2,26,28)(H,27,29,33)/t19-/m0/s1. The van der Waals surface area contributed by atoms with E-state index in [0.29, 0.717) is 41.4 Å². The average molecular weight is 504 g/mol. The maximum Gasteiger partial charge on any atom is 0.256 e. The first kappa shape index (κ1) is 23.6. The molecule has 3 N–H and O–H groups in total. The lowest BCUT2D eigenvalue weighted by Crippen LogP contribution is -2.38. The third kappa shape index (κ3) is 4.34. The molecule has 184 valence electrons. The van der Waals surface area contributed by atoms with Gasteiger partial charge in [0.25, 0.3) is 5.91 Å². The Balaban J connectivity index is 1.54. The lowest BCUT2D eigenvalue weighted by atomic mass is 10.0. The van der Waals surface area contributed by atoms with Gasteiger partial charge in [-0.25, -0.2) is 23.4 Å². The van der Waals surface area contributed by atoms with Crippen LogP contribution in [0.3, 0.4) is 0 Å². The van der Waals surface area contributed by atoms with Gasteiger partial charge in [-0.2, -0.15) is 4.31 Å². The minimum absolute atomic E-state index is 0.275. The van der Waals surface area contributed by atoms with Crippen molar-refractivity contribution in [3.05, 3.63) is 84.4 Å². The van der Waals surface area contributed by atoms with E-state index in [1.54, 1.807) is 65.5 Å². The topological polar surface area (TPSA) is 136 Å². The summed E-state index contributed by atoms with van der Waals surface area (Å²) in [5.74, 6) is 1.01. The van der Waals surface area contributed by atoms with Crippen molar-refractivity contribution in [1.29, 1.82) is 0 Å². The summed E-state index contributed by atoms with van der Waals surface area (Å²) in [6.45, 7) is 3.88. The van der Waals surface area contributed by atoms with Crippen molar-refractivity contribution in [3.63, 3.8) is 0 Å². The summed E-state index contributed by atoms with van der Waals surface area (Å²) in [6, 6.07) is 11.8. The molecule has 5 rings (SSSR count). The maximum atomic E-state index is 12.7. The number of sulfonamides is 1. The van der Waals surface area contributed by atoms with E-state index in [-0.39, 0.29) is 11.7 Å². The third-order valence-electron chi connectivity index (χ3n) is 6.23. The number of aromatic nitrogens is 4. The van der Waals surface area contributed by atoms with Gasteiger partial charge in [0.2, 0.25) is 10.0 Å². The van der Waals surface area contributed by atoms with E-state index in [4.69, 9.17) is 10.7 Å². The van der Waals surface area contributed by atoms with E-state index >= 15 is 0 Å². The molecular weight excluding hydrogens is 478 g/mol. The number of rotatable bonds is 6. The molecule has 0 unspecified atom stereocenters. The summed E-state index contributed by atoms with van der Waals surface area (Å²) in [5.41, 5.74) is 8.58. The van der Waals surface area contributed by atoms with Gasteiger partial charge in [0.15, 0.2) is 0 Å². The number of hydrogen-bond donors (Lipinski definition) is 2. The Kier molecular flexibility index (Phi) is 6.25. The van der Waals surface area contributed by atoms with E-state index in [2.05, 4.69) is 21.9 Å². The van der Waals surface area contributed by atoms with Crippen LogP contribution in [0.1, 0.15) is 41.5 Å². The Bertz CT molecular complexity index is 1530. The van der Waals surface area contributed by atoms with Crippen LogP contribution in [0.2, 0.25) is 0 Å². The predicted molar refractivity (Wildman–Crippen MR) is 137 cm³/mol. The van der Waals surface area contributed by atoms with Crippen molar-refractivity contribution in [2.24, 2.45) is 0 Å². The van der Waals surface area contributed by atoms with Crippen LogP contribution in [0.4, 0.5) is 11.6 Å². The first-order chi connectivity index (χ1) is 17.4. The third-order valence-corrected chi connectivity index (χ3v) is 7.74. The fourth-order valence-corrected chi connectivity index (χ4v) is 5.62. The molecule has 11 heteroatoms. The summed E-state index contributed by atoms with van der Waals surface area (Å²) in [4.78, 5) is 25.8. The number of nitrogens with two attached hydrogens (primary N) is 1. The molecule has 0 spiro atoms. The molecule has 0 saturated carbocycles. The van der Waals surface area contributed by atoms with Crippen LogP contribution in [0.25, 0.3) is 16.8 Å². The highest BCUT2D eigenvalue weighted by atomic mass is 32.2. The molecule has 0 aliphatic carbocycles. The number of imidazole rings is 1. The van der Waals surface area contributed by atoms with Gasteiger partial charge >= 0.3 is 0 Å². The number of nitrogen functional groups attached to an aromatic ring is 1. The van der Waals surface area contributed by atoms with Crippen molar-refractivity contribution in [3.8, 4) is 11.3 Å². The molecule has 4 heterocycles. The SMILES string of the molecule is C=CS(=O)(=O)N1CCCC[C@H]1c1nc(-c2ccc(C(=O)Nc3ccccn3)cc2)c2c(N)nccn12. The molecule has 4 aromatic rings. The lowest BCUT2D eigenvalue weighted by molar-refractivity contribution is 0.102. The van der Waals surface area contributed by atoms with Crippen LogP contribution < -0.4 is 11.1 Å². The number of carbonyl (C=O) groups is 1. The molecule has 0 bridgehead atoms. The van der Waals surface area contributed by atoms with Crippen molar-refractivity contribution < 1.29 is 13.2 Å². The second-order valence-corrected chi connectivity index (χ2v) is 10.3. The number of nitrogens with zero attached hydrogens (tertiary/aromatic N) is 5. The molecule has 1 fully saturated rings. The van der Waals surface area contributed by atoms with E-state index in [1.165, 1.54) is 4.31 Å². The number of benzene rings is 1. The summed E-state index contributed by atoms with van der Waals surface area (Å²) in [6.07, 6.45) is 7.17. The monoisotopic (exact) mass is 503 g/mol. The van der Waals surface area contributed by atoms with Crippen LogP contribution in [0.15, 0.2) is 73.0 Å². The number of amides is 1. The normalized spacial score (nSPS) is 16.6. The smallest absolute Gasteiger partial charge is 0.256 e. The molecule has 1 atom stereocenters. The Morgan fingerprint density at radius 1 is 1.11 bits per heavy atom. The van der Waals surface area contributed by atoms with E-state index in [0.717, 1.165) is 23.8 Å². The summed E-state index contributed by atoms with van der Waals surface area (Å²) >= 11 is 0. The Morgan fingerprint density at radius 3 is 2.64 bits per heavy atom. The number of fused-ring (bicyclic) bond motifs is 1. The Morgan fingerprint density at radius 2 is 1.92 bits per heavy atom. The number of carbonyl (C=O) groups excluding carboxylic acids is 1. The van der Waals surface area contributed by atoms with Crippen LogP contribution >= 0.6 is 0 Å². The zero-order valence-corrected chi connectivity index (χ0v) is 20.2. The van der Waals surface area contributed by atoms with Gasteiger partial charge in [-0.15, -0.1) is 0 Å². The van der Waals surface area contributed by atoms with Gasteiger partial charge < -0.3 is 11.1 Å². The molecule has 1 aliphatic rings. The van der Waals surface area contributed by atoms with Crippen molar-refractivity contribution in [2.45, 2.75) is 25.3 Å². The van der Waals surface area contributed by atoms with Gasteiger partial charge in [-0.05, 0) is 37.1 Å². The van der Waals surface area contributed by atoms with E-state index < -0.39 is 16.1 Å². The molecule has 3 aromatic heterocycles. The molecule has 1 amide bonds. The van der Waals surface area contributed by atoms with Crippen LogP contribution in [-0.2, 0) is 10.0 Å². The van der Waals surface area contributed by atoms with Gasteiger partial charge in [0, 0.05) is 41.7 Å². The quantitative estimate of drug-likeness (QED) is 0.410. The summed E-state index contributed by atoms with van der Waals surface area (Å²) < 4.78 is 28.7. The highest BCUT2D eigenvalue weighted by molar-refractivity contribution is 7.92. The highest BCUT2D eigenvalue weighted by Crippen LogP contribution is 2.37. The van der Waals surface area contributed by atoms with Crippen molar-refractivity contribution in [2.75, 3.05) is 17.6 Å². The first-order valence-corrected chi connectivity index (χ1v) is 13.0. The second-order valence-electron chi connectivity index (χ2n) is 8.43. The van der Waals surface area contributed by atoms with Crippen LogP contribution in [-0.4, -0.2) is 44.5 Å². The van der Waals surface area contributed by atoms with Crippen molar-refractivity contribution in [1.82, 2.24) is 23.7 Å². The maximum absolute atomic E-state index is 12.7. The Labute approximate surface area is 208 Å². The zero-order valence-electron chi connectivity index (χ0n) is 19.4. The van der Waals surface area contributed by atoms with Gasteiger partial charge in [-0.3, -0.25) is 9.20 Å². The van der Waals surface area contributed by atoms with Gasteiger partial charge in [0.05, 0.1) is 6.04 Å².